The second kappa shape index (κ2) is 9.36. The zero-order valence-corrected chi connectivity index (χ0v) is 13.8. The van der Waals surface area contributed by atoms with Gasteiger partial charge in [0.15, 0.2) is 5.78 Å². The van der Waals surface area contributed by atoms with Gasteiger partial charge in [-0.25, -0.2) is 0 Å². The van der Waals surface area contributed by atoms with Crippen LogP contribution in [0.4, 0.5) is 0 Å². The Morgan fingerprint density at radius 1 is 1.14 bits per heavy atom. The molecule has 122 valence electrons. The average Bonchev–Trinajstić information content (AvgIpc) is 2.48. The van der Waals surface area contributed by atoms with E-state index in [-0.39, 0.29) is 11.7 Å². The van der Waals surface area contributed by atoms with Crippen LogP contribution in [0, 0.1) is 12.8 Å². The third kappa shape index (κ3) is 6.85. The number of rotatable bonds is 4. The van der Waals surface area contributed by atoms with Gasteiger partial charge >= 0.3 is 0 Å². The molecule has 1 aliphatic rings. The van der Waals surface area contributed by atoms with Crippen molar-refractivity contribution in [1.29, 1.82) is 0 Å². The smallest absolute Gasteiger partial charge is 0.166 e. The maximum absolute atomic E-state index is 12.3. The first-order chi connectivity index (χ1) is 10.4. The lowest BCUT2D eigenvalue weighted by Crippen LogP contribution is -2.35. The minimum atomic E-state index is -1.08. The van der Waals surface area contributed by atoms with Gasteiger partial charge in [0, 0.05) is 24.0 Å². The molecule has 1 aromatic carbocycles. The third-order valence-electron chi connectivity index (χ3n) is 3.76. The van der Waals surface area contributed by atoms with Crippen LogP contribution in [0.15, 0.2) is 24.3 Å². The highest BCUT2D eigenvalue weighted by Gasteiger charge is 2.19. The lowest BCUT2D eigenvalue weighted by molar-refractivity contribution is -0.302. The molecule has 1 atom stereocenters. The van der Waals surface area contributed by atoms with Crippen LogP contribution in [0.3, 0.4) is 0 Å². The summed E-state index contributed by atoms with van der Waals surface area (Å²) in [4.78, 5) is 23.6. The molecule has 0 radical (unpaired) electrons. The maximum atomic E-state index is 12.3. The van der Waals surface area contributed by atoms with E-state index in [9.17, 15) is 4.79 Å². The summed E-state index contributed by atoms with van der Waals surface area (Å²) in [6.07, 6.45) is 3.91. The van der Waals surface area contributed by atoms with Crippen LogP contribution >= 0.6 is 0 Å². The van der Waals surface area contributed by atoms with Crippen molar-refractivity contribution < 1.29 is 14.7 Å². The highest BCUT2D eigenvalue weighted by Crippen LogP contribution is 2.15. The molecule has 1 fully saturated rings. The fourth-order valence-corrected chi connectivity index (χ4v) is 2.61. The van der Waals surface area contributed by atoms with Gasteiger partial charge in [-0.05, 0) is 39.8 Å². The summed E-state index contributed by atoms with van der Waals surface area (Å²) in [5, 5.41) is 8.89. The first-order valence-electron chi connectivity index (χ1n) is 7.91. The fraction of sp³-hybridized carbons (Fsp3) is 0.556. The molecule has 1 heterocycles. The third-order valence-corrected chi connectivity index (χ3v) is 3.76. The van der Waals surface area contributed by atoms with Crippen LogP contribution in [0.1, 0.15) is 49.0 Å². The first kappa shape index (κ1) is 18.4. The van der Waals surface area contributed by atoms with E-state index in [4.69, 9.17) is 9.90 Å². The number of carboxylic acids is 1. The van der Waals surface area contributed by atoms with Gasteiger partial charge in [-0.3, -0.25) is 4.79 Å². The second-order valence-corrected chi connectivity index (χ2v) is 5.98. The quantitative estimate of drug-likeness (QED) is 0.799. The summed E-state index contributed by atoms with van der Waals surface area (Å²) in [5.41, 5.74) is 2.06. The molecular formula is C18H26NO3-. The molecule has 0 bridgehead atoms. The topological polar surface area (TPSA) is 60.4 Å². The molecule has 0 amide bonds. The summed E-state index contributed by atoms with van der Waals surface area (Å²) in [6.45, 7) is 8.30. The van der Waals surface area contributed by atoms with Crippen molar-refractivity contribution in [3.63, 3.8) is 0 Å². The van der Waals surface area contributed by atoms with E-state index in [1.807, 2.05) is 31.2 Å². The first-order valence-corrected chi connectivity index (χ1v) is 7.91. The number of carbonyl (C=O) groups is 2. The predicted molar refractivity (Wildman–Crippen MR) is 85.6 cm³/mol. The van der Waals surface area contributed by atoms with Gasteiger partial charge in [-0.15, -0.1) is 0 Å². The molecule has 1 aromatic rings. The zero-order chi connectivity index (χ0) is 16.5. The number of carboxylic acid groups (broad SMARTS) is 1. The maximum Gasteiger partial charge on any atom is 0.166 e. The lowest BCUT2D eigenvalue weighted by Gasteiger charge is -2.28. The normalized spacial score (nSPS) is 16.3. The number of benzene rings is 1. The van der Waals surface area contributed by atoms with Crippen molar-refractivity contribution in [2.24, 2.45) is 5.92 Å². The number of aliphatic carboxylic acids is 1. The number of Topliss-reactive ketones (excluding diaryl/α,β-unsaturated/α-hetero) is 1. The van der Waals surface area contributed by atoms with E-state index in [0.29, 0.717) is 0 Å². The number of ketones is 1. The highest BCUT2D eigenvalue weighted by atomic mass is 16.4. The van der Waals surface area contributed by atoms with Crippen LogP contribution < -0.4 is 5.11 Å². The number of carbonyl (C=O) groups excluding carboxylic acids is 2. The van der Waals surface area contributed by atoms with E-state index in [1.165, 1.54) is 24.8 Å². The van der Waals surface area contributed by atoms with Crippen LogP contribution in [0.5, 0.6) is 0 Å². The van der Waals surface area contributed by atoms with E-state index in [2.05, 4.69) is 11.8 Å². The molecule has 1 aliphatic heterocycles. The van der Waals surface area contributed by atoms with Gasteiger partial charge < -0.3 is 14.8 Å². The van der Waals surface area contributed by atoms with Crippen LogP contribution in [-0.2, 0) is 4.79 Å². The van der Waals surface area contributed by atoms with Crippen molar-refractivity contribution in [3.8, 4) is 0 Å². The van der Waals surface area contributed by atoms with E-state index >= 15 is 0 Å². The summed E-state index contributed by atoms with van der Waals surface area (Å²) in [7, 11) is 0. The van der Waals surface area contributed by atoms with Crippen molar-refractivity contribution in [2.45, 2.75) is 40.0 Å². The number of likely N-dealkylation sites (tertiary alicyclic amines) is 1. The molecule has 1 unspecified atom stereocenters. The van der Waals surface area contributed by atoms with E-state index < -0.39 is 5.97 Å². The Labute approximate surface area is 133 Å². The van der Waals surface area contributed by atoms with Gasteiger partial charge in [0.1, 0.15) is 0 Å². The molecule has 0 spiro atoms. The number of hydrogen-bond donors (Lipinski definition) is 0. The number of hydrogen-bond acceptors (Lipinski definition) is 4. The average molecular weight is 304 g/mol. The van der Waals surface area contributed by atoms with Crippen LogP contribution in [0.2, 0.25) is 0 Å². The summed E-state index contributed by atoms with van der Waals surface area (Å²) in [6, 6.07) is 7.93. The van der Waals surface area contributed by atoms with Crippen molar-refractivity contribution >= 4 is 11.8 Å². The van der Waals surface area contributed by atoms with E-state index in [0.717, 1.165) is 32.1 Å². The van der Waals surface area contributed by atoms with Crippen LogP contribution in [0.25, 0.3) is 0 Å². The molecule has 0 aromatic heterocycles. The van der Waals surface area contributed by atoms with Gasteiger partial charge in [-0.1, -0.05) is 43.2 Å². The second-order valence-electron chi connectivity index (χ2n) is 5.98. The zero-order valence-electron chi connectivity index (χ0n) is 13.8. The molecule has 4 heteroatoms. The summed E-state index contributed by atoms with van der Waals surface area (Å²) >= 11 is 0. The summed E-state index contributed by atoms with van der Waals surface area (Å²) in [5.74, 6) is -0.702. The standard InChI is InChI=1S/C16H23NO.C2H4O2/c1-13-6-8-15(9-7-13)16(18)14(2)12-17-10-4-3-5-11-17;1-2(3)4/h6-9,14H,3-5,10-12H2,1-2H3;1H3,(H,3,4)/p-1. The summed E-state index contributed by atoms with van der Waals surface area (Å²) < 4.78 is 0. The minimum Gasteiger partial charge on any atom is -0.550 e. The predicted octanol–water partition coefficient (Wildman–Crippen LogP) is 2.06. The Bertz CT molecular complexity index is 472. The highest BCUT2D eigenvalue weighted by molar-refractivity contribution is 5.97. The Balaban J connectivity index is 0.000000541. The van der Waals surface area contributed by atoms with Gasteiger partial charge in [0.2, 0.25) is 0 Å². The van der Waals surface area contributed by atoms with Crippen molar-refractivity contribution in [2.75, 3.05) is 19.6 Å². The molecule has 0 N–H and O–H groups in total. The number of aryl methyl sites for hydroxylation is 1. The minimum absolute atomic E-state index is 0.103. The molecule has 22 heavy (non-hydrogen) atoms. The van der Waals surface area contributed by atoms with E-state index in [1.54, 1.807) is 0 Å². The fourth-order valence-electron chi connectivity index (χ4n) is 2.61. The van der Waals surface area contributed by atoms with Gasteiger partial charge in [-0.2, -0.15) is 0 Å². The van der Waals surface area contributed by atoms with Crippen molar-refractivity contribution in [1.82, 2.24) is 4.90 Å². The van der Waals surface area contributed by atoms with Crippen molar-refractivity contribution in [3.05, 3.63) is 35.4 Å². The molecule has 0 saturated carbocycles. The molecule has 1 saturated heterocycles. The molecule has 0 aliphatic carbocycles. The number of nitrogens with zero attached hydrogens (tertiary/aromatic N) is 1. The monoisotopic (exact) mass is 304 g/mol. The van der Waals surface area contributed by atoms with Gasteiger partial charge in [0.25, 0.3) is 0 Å². The van der Waals surface area contributed by atoms with Crippen LogP contribution in [-0.4, -0.2) is 36.3 Å². The SMILES string of the molecule is CC(=O)[O-].Cc1ccc(C(=O)C(C)CN2CCCCC2)cc1. The lowest BCUT2D eigenvalue weighted by atomic mass is 9.97. The Hall–Kier alpha value is -1.68. The number of piperidine rings is 1. The van der Waals surface area contributed by atoms with Gasteiger partial charge in [0.05, 0.1) is 0 Å². The Morgan fingerprint density at radius 3 is 2.14 bits per heavy atom. The molecular weight excluding hydrogens is 278 g/mol. The molecule has 2 rings (SSSR count). The molecule has 4 nitrogen and oxygen atoms in total. The Kier molecular flexibility index (Phi) is 7.82. The largest absolute Gasteiger partial charge is 0.550 e. The Morgan fingerprint density at radius 2 is 1.64 bits per heavy atom.